The molecule has 3 rings (SSSR count). The molecule has 0 unspecified atom stereocenters. The van der Waals surface area contributed by atoms with Crippen LogP contribution in [0.4, 0.5) is 0 Å². The lowest BCUT2D eigenvalue weighted by atomic mass is 9.65. The van der Waals surface area contributed by atoms with Crippen molar-refractivity contribution < 1.29 is 14.9 Å². The molecular weight excluding hydrogens is 264 g/mol. The SMILES string of the molecule is CC1(C)[C@](O)(c2ccccc2)OO[C@]1(C)c1ccccc1. The highest BCUT2D eigenvalue weighted by atomic mass is 17.2. The fraction of sp³-hybridized carbons (Fsp3) is 0.333. The Balaban J connectivity index is 2.10. The molecule has 0 aliphatic carbocycles. The van der Waals surface area contributed by atoms with E-state index in [2.05, 4.69) is 0 Å². The average Bonchev–Trinajstić information content (AvgIpc) is 2.71. The highest BCUT2D eigenvalue weighted by Crippen LogP contribution is 2.59. The Morgan fingerprint density at radius 1 is 0.714 bits per heavy atom. The molecule has 2 aromatic rings. The van der Waals surface area contributed by atoms with Gasteiger partial charge in [0.2, 0.25) is 5.79 Å². The maximum absolute atomic E-state index is 11.1. The van der Waals surface area contributed by atoms with Crippen LogP contribution in [0.3, 0.4) is 0 Å². The van der Waals surface area contributed by atoms with Gasteiger partial charge in [-0.15, -0.1) is 0 Å². The van der Waals surface area contributed by atoms with Gasteiger partial charge < -0.3 is 5.11 Å². The summed E-state index contributed by atoms with van der Waals surface area (Å²) >= 11 is 0. The van der Waals surface area contributed by atoms with Crippen molar-refractivity contribution in [3.05, 3.63) is 71.8 Å². The van der Waals surface area contributed by atoms with Crippen LogP contribution in [0.1, 0.15) is 31.9 Å². The van der Waals surface area contributed by atoms with Crippen LogP contribution < -0.4 is 0 Å². The zero-order chi connectivity index (χ0) is 15.1. The van der Waals surface area contributed by atoms with Gasteiger partial charge in [0.1, 0.15) is 5.60 Å². The Morgan fingerprint density at radius 3 is 1.71 bits per heavy atom. The monoisotopic (exact) mass is 284 g/mol. The summed E-state index contributed by atoms with van der Waals surface area (Å²) in [6.07, 6.45) is 0. The summed E-state index contributed by atoms with van der Waals surface area (Å²) in [5.41, 5.74) is 0.234. The van der Waals surface area contributed by atoms with Gasteiger partial charge in [0.05, 0.1) is 5.41 Å². The van der Waals surface area contributed by atoms with Gasteiger partial charge in [0.15, 0.2) is 0 Å². The lowest BCUT2D eigenvalue weighted by molar-refractivity contribution is -0.403. The van der Waals surface area contributed by atoms with Crippen molar-refractivity contribution >= 4 is 0 Å². The van der Waals surface area contributed by atoms with Crippen LogP contribution in [0.5, 0.6) is 0 Å². The Kier molecular flexibility index (Phi) is 3.17. The molecule has 21 heavy (non-hydrogen) atoms. The molecule has 1 N–H and O–H groups in total. The van der Waals surface area contributed by atoms with E-state index in [1.165, 1.54) is 0 Å². The van der Waals surface area contributed by atoms with E-state index in [0.717, 1.165) is 5.56 Å². The zero-order valence-corrected chi connectivity index (χ0v) is 12.5. The molecule has 0 bridgehead atoms. The van der Waals surface area contributed by atoms with Crippen LogP contribution in [0.15, 0.2) is 60.7 Å². The van der Waals surface area contributed by atoms with E-state index in [4.69, 9.17) is 9.78 Å². The topological polar surface area (TPSA) is 38.7 Å². The number of hydrogen-bond donors (Lipinski definition) is 1. The summed E-state index contributed by atoms with van der Waals surface area (Å²) in [7, 11) is 0. The molecule has 1 heterocycles. The van der Waals surface area contributed by atoms with Gasteiger partial charge >= 0.3 is 0 Å². The lowest BCUT2D eigenvalue weighted by Gasteiger charge is -2.40. The van der Waals surface area contributed by atoms with E-state index in [9.17, 15) is 5.11 Å². The van der Waals surface area contributed by atoms with Crippen molar-refractivity contribution in [3.63, 3.8) is 0 Å². The summed E-state index contributed by atoms with van der Waals surface area (Å²) in [6, 6.07) is 19.2. The Labute approximate surface area is 125 Å². The smallest absolute Gasteiger partial charge is 0.233 e. The molecule has 0 spiro atoms. The van der Waals surface area contributed by atoms with Crippen LogP contribution in [0, 0.1) is 5.41 Å². The van der Waals surface area contributed by atoms with Gasteiger partial charge in [0.25, 0.3) is 0 Å². The fourth-order valence-electron chi connectivity index (χ4n) is 2.91. The molecule has 1 saturated heterocycles. The van der Waals surface area contributed by atoms with Crippen LogP contribution in [0.2, 0.25) is 0 Å². The van der Waals surface area contributed by atoms with E-state index < -0.39 is 16.8 Å². The number of benzene rings is 2. The summed E-state index contributed by atoms with van der Waals surface area (Å²) in [6.45, 7) is 5.86. The highest BCUT2D eigenvalue weighted by molar-refractivity contribution is 5.31. The van der Waals surface area contributed by atoms with Crippen molar-refractivity contribution in [2.75, 3.05) is 0 Å². The maximum atomic E-state index is 11.1. The van der Waals surface area contributed by atoms with Gasteiger partial charge in [-0.05, 0) is 12.5 Å². The number of hydrogen-bond acceptors (Lipinski definition) is 3. The highest BCUT2D eigenvalue weighted by Gasteiger charge is 2.65. The van der Waals surface area contributed by atoms with E-state index in [0.29, 0.717) is 5.56 Å². The second-order valence-corrected chi connectivity index (χ2v) is 6.20. The zero-order valence-electron chi connectivity index (χ0n) is 12.5. The molecule has 1 aliphatic heterocycles. The van der Waals surface area contributed by atoms with E-state index in [-0.39, 0.29) is 0 Å². The van der Waals surface area contributed by atoms with Crippen molar-refractivity contribution in [3.8, 4) is 0 Å². The molecule has 0 saturated carbocycles. The summed E-state index contributed by atoms with van der Waals surface area (Å²) in [4.78, 5) is 11.1. The number of aliphatic hydroxyl groups is 1. The van der Waals surface area contributed by atoms with E-state index >= 15 is 0 Å². The summed E-state index contributed by atoms with van der Waals surface area (Å²) < 4.78 is 0. The molecule has 1 aliphatic rings. The molecular formula is C18H20O3. The van der Waals surface area contributed by atoms with Crippen molar-refractivity contribution in [2.45, 2.75) is 32.2 Å². The Morgan fingerprint density at radius 2 is 1.19 bits per heavy atom. The summed E-state index contributed by atoms with van der Waals surface area (Å²) in [5, 5.41) is 11.1. The van der Waals surface area contributed by atoms with Crippen LogP contribution in [-0.4, -0.2) is 5.11 Å². The number of rotatable bonds is 2. The first kappa shape index (κ1) is 14.3. The first-order valence-corrected chi connectivity index (χ1v) is 7.12. The Bertz CT molecular complexity index is 568. The predicted octanol–water partition coefficient (Wildman–Crippen LogP) is 3.74. The Hall–Kier alpha value is -1.68. The van der Waals surface area contributed by atoms with Gasteiger partial charge in [-0.25, -0.2) is 4.89 Å². The van der Waals surface area contributed by atoms with Gasteiger partial charge in [-0.3, -0.25) is 0 Å². The van der Waals surface area contributed by atoms with E-state index in [1.54, 1.807) is 0 Å². The first-order valence-electron chi connectivity index (χ1n) is 7.12. The molecule has 0 aromatic heterocycles. The van der Waals surface area contributed by atoms with Gasteiger partial charge in [-0.1, -0.05) is 74.5 Å². The second kappa shape index (κ2) is 4.67. The van der Waals surface area contributed by atoms with Crippen molar-refractivity contribution in [1.82, 2.24) is 0 Å². The second-order valence-electron chi connectivity index (χ2n) is 6.20. The largest absolute Gasteiger partial charge is 0.359 e. The standard InChI is InChI=1S/C18H20O3/c1-16(2)17(3,14-10-6-4-7-11-14)20-21-18(16,19)15-12-8-5-9-13-15/h4-13,19H,1-3H3/t17-,18+/m1/s1. The summed E-state index contributed by atoms with van der Waals surface area (Å²) in [5.74, 6) is -1.50. The normalized spacial score (nSPS) is 31.2. The minimum atomic E-state index is -1.50. The molecule has 110 valence electrons. The van der Waals surface area contributed by atoms with Gasteiger partial charge in [0, 0.05) is 5.56 Å². The lowest BCUT2D eigenvalue weighted by Crippen LogP contribution is -2.47. The predicted molar refractivity (Wildman–Crippen MR) is 80.1 cm³/mol. The third-order valence-electron chi connectivity index (χ3n) is 4.86. The molecule has 0 amide bonds. The maximum Gasteiger partial charge on any atom is 0.233 e. The molecule has 2 atom stereocenters. The van der Waals surface area contributed by atoms with Crippen LogP contribution in [0.25, 0.3) is 0 Å². The molecule has 3 nitrogen and oxygen atoms in total. The van der Waals surface area contributed by atoms with E-state index in [1.807, 2.05) is 81.4 Å². The molecule has 0 radical (unpaired) electrons. The van der Waals surface area contributed by atoms with Crippen LogP contribution in [-0.2, 0) is 21.2 Å². The third-order valence-corrected chi connectivity index (χ3v) is 4.86. The van der Waals surface area contributed by atoms with Crippen LogP contribution >= 0.6 is 0 Å². The molecule has 2 aromatic carbocycles. The average molecular weight is 284 g/mol. The molecule has 3 heteroatoms. The minimum Gasteiger partial charge on any atom is -0.359 e. The fourth-order valence-corrected chi connectivity index (χ4v) is 2.91. The quantitative estimate of drug-likeness (QED) is 0.854. The molecule has 1 fully saturated rings. The third kappa shape index (κ3) is 1.85. The first-order chi connectivity index (χ1) is 9.92. The van der Waals surface area contributed by atoms with Crippen molar-refractivity contribution in [1.29, 1.82) is 0 Å². The van der Waals surface area contributed by atoms with Gasteiger partial charge in [-0.2, -0.15) is 4.89 Å². The minimum absolute atomic E-state index is 0.678. The van der Waals surface area contributed by atoms with Crippen molar-refractivity contribution in [2.24, 2.45) is 5.41 Å².